The molecule has 2 aliphatic heterocycles. The lowest BCUT2D eigenvalue weighted by atomic mass is 9.87. The van der Waals surface area contributed by atoms with Gasteiger partial charge in [0.2, 0.25) is 5.91 Å². The normalized spacial score (nSPS) is 19.8. The van der Waals surface area contributed by atoms with Gasteiger partial charge in [0.15, 0.2) is 5.96 Å². The van der Waals surface area contributed by atoms with Crippen LogP contribution in [0.5, 0.6) is 0 Å². The first-order valence-corrected chi connectivity index (χ1v) is 9.67. The number of rotatable bonds is 6. The van der Waals surface area contributed by atoms with Crippen molar-refractivity contribution in [1.29, 1.82) is 0 Å². The molecule has 27 heavy (non-hydrogen) atoms. The summed E-state index contributed by atoms with van der Waals surface area (Å²) in [5.74, 6) is 0.794. The third-order valence-corrected chi connectivity index (χ3v) is 5.21. The highest BCUT2D eigenvalue weighted by atomic mass is 35.5. The monoisotopic (exact) mass is 394 g/mol. The van der Waals surface area contributed by atoms with E-state index in [4.69, 9.17) is 16.3 Å². The lowest BCUT2D eigenvalue weighted by molar-refractivity contribution is -0.135. The van der Waals surface area contributed by atoms with Crippen molar-refractivity contribution in [2.45, 2.75) is 13.5 Å². The van der Waals surface area contributed by atoms with E-state index in [-0.39, 0.29) is 17.9 Å². The lowest BCUT2D eigenvalue weighted by Gasteiger charge is -2.40. The summed E-state index contributed by atoms with van der Waals surface area (Å²) >= 11 is 5.92. The molecule has 0 radical (unpaired) electrons. The number of carbonyl (C=O) groups is 1. The molecule has 0 aliphatic carbocycles. The Kier molecular flexibility index (Phi) is 6.57. The second kappa shape index (κ2) is 8.91. The molecule has 1 amide bonds. The highest BCUT2D eigenvalue weighted by Crippen LogP contribution is 2.27. The Labute approximate surface area is 165 Å². The fourth-order valence-electron chi connectivity index (χ4n) is 3.16. The number of hydrogen-bond donors (Lipinski definition) is 2. The van der Waals surface area contributed by atoms with Crippen molar-refractivity contribution in [3.63, 3.8) is 0 Å². The van der Waals surface area contributed by atoms with E-state index in [1.165, 1.54) is 0 Å². The summed E-state index contributed by atoms with van der Waals surface area (Å²) in [5.41, 5.74) is 0.790. The average Bonchev–Trinajstić information content (AvgIpc) is 2.64. The molecule has 3 rings (SSSR count). The van der Waals surface area contributed by atoms with Crippen LogP contribution >= 0.6 is 11.6 Å². The first kappa shape index (κ1) is 19.9. The largest absolute Gasteiger partial charge is 0.396 e. The molecule has 8 heteroatoms. The number of aliphatic hydroxyl groups is 1. The van der Waals surface area contributed by atoms with Crippen LogP contribution in [0.2, 0.25) is 5.02 Å². The smallest absolute Gasteiger partial charge is 0.242 e. The van der Waals surface area contributed by atoms with Gasteiger partial charge in [0.1, 0.15) is 0 Å². The molecule has 0 unspecified atom stereocenters. The maximum absolute atomic E-state index is 12.6. The van der Waals surface area contributed by atoms with Crippen molar-refractivity contribution >= 4 is 23.5 Å². The molecule has 2 fully saturated rings. The van der Waals surface area contributed by atoms with Crippen molar-refractivity contribution in [2.75, 3.05) is 52.5 Å². The van der Waals surface area contributed by atoms with Crippen molar-refractivity contribution in [2.24, 2.45) is 10.4 Å². The molecule has 0 spiro atoms. The number of aliphatic imine (C=N–C) groups is 1. The third kappa shape index (κ3) is 4.91. The molecule has 7 nitrogen and oxygen atoms in total. The standard InChI is InChI=1S/C19H27ClN4O3/c1-2-21-18(22-11-19(12-25)13-27-14-19)24-8-7-23(17(26)10-24)9-15-3-5-16(20)6-4-15/h3-6,25H,2,7-14H2,1H3,(H,21,22). The maximum Gasteiger partial charge on any atom is 0.242 e. The number of ether oxygens (including phenoxy) is 1. The van der Waals surface area contributed by atoms with E-state index >= 15 is 0 Å². The first-order chi connectivity index (χ1) is 13.0. The Hall–Kier alpha value is -1.83. The van der Waals surface area contributed by atoms with Gasteiger partial charge >= 0.3 is 0 Å². The summed E-state index contributed by atoms with van der Waals surface area (Å²) in [5, 5.41) is 13.5. The number of piperazine rings is 1. The number of nitrogens with one attached hydrogen (secondary N) is 1. The topological polar surface area (TPSA) is 77.4 Å². The SMILES string of the molecule is CCNC(=NCC1(CO)COC1)N1CCN(Cc2ccc(Cl)cc2)C(=O)C1. The summed E-state index contributed by atoms with van der Waals surface area (Å²) < 4.78 is 5.23. The molecule has 0 bridgehead atoms. The molecule has 1 aromatic carbocycles. The van der Waals surface area contributed by atoms with Crippen LogP contribution in [-0.2, 0) is 16.1 Å². The summed E-state index contributed by atoms with van der Waals surface area (Å²) in [4.78, 5) is 21.1. The number of benzene rings is 1. The van der Waals surface area contributed by atoms with Gasteiger partial charge in [-0.15, -0.1) is 0 Å². The van der Waals surface area contributed by atoms with E-state index in [0.29, 0.717) is 51.0 Å². The third-order valence-electron chi connectivity index (χ3n) is 4.96. The van der Waals surface area contributed by atoms with Crippen molar-refractivity contribution in [3.8, 4) is 0 Å². The predicted octanol–water partition coefficient (Wildman–Crippen LogP) is 0.959. The van der Waals surface area contributed by atoms with E-state index in [9.17, 15) is 9.90 Å². The molecule has 0 atom stereocenters. The minimum atomic E-state index is -0.277. The molecular formula is C19H27ClN4O3. The molecule has 2 aliphatic rings. The summed E-state index contributed by atoms with van der Waals surface area (Å²) in [6, 6.07) is 7.58. The van der Waals surface area contributed by atoms with Crippen LogP contribution in [0.1, 0.15) is 12.5 Å². The van der Waals surface area contributed by atoms with E-state index < -0.39 is 0 Å². The van der Waals surface area contributed by atoms with E-state index in [1.807, 2.05) is 41.0 Å². The Bertz CT molecular complexity index is 671. The zero-order valence-electron chi connectivity index (χ0n) is 15.7. The number of amides is 1. The molecule has 148 valence electrons. The lowest BCUT2D eigenvalue weighted by Crippen LogP contribution is -2.55. The minimum absolute atomic E-state index is 0.0592. The molecule has 2 N–H and O–H groups in total. The van der Waals surface area contributed by atoms with Crippen molar-refractivity contribution in [1.82, 2.24) is 15.1 Å². The Balaban J connectivity index is 1.60. The number of nitrogens with zero attached hydrogens (tertiary/aromatic N) is 3. The van der Waals surface area contributed by atoms with Gasteiger partial charge in [-0.05, 0) is 24.6 Å². The van der Waals surface area contributed by atoms with Gasteiger partial charge in [-0.25, -0.2) is 0 Å². The molecule has 2 heterocycles. The van der Waals surface area contributed by atoms with Crippen LogP contribution in [-0.4, -0.2) is 79.3 Å². The molecule has 1 aromatic rings. The van der Waals surface area contributed by atoms with E-state index in [1.54, 1.807) is 0 Å². The summed E-state index contributed by atoms with van der Waals surface area (Å²) in [6.45, 7) is 6.57. The Morgan fingerprint density at radius 1 is 1.33 bits per heavy atom. The van der Waals surface area contributed by atoms with Crippen molar-refractivity contribution < 1.29 is 14.6 Å². The van der Waals surface area contributed by atoms with Gasteiger partial charge in [0.25, 0.3) is 0 Å². The number of carbonyl (C=O) groups excluding carboxylic acids is 1. The fourth-order valence-corrected chi connectivity index (χ4v) is 3.28. The van der Waals surface area contributed by atoms with Crippen LogP contribution in [0.4, 0.5) is 0 Å². The van der Waals surface area contributed by atoms with Gasteiger partial charge in [0, 0.05) is 31.2 Å². The highest BCUT2D eigenvalue weighted by Gasteiger charge is 2.38. The molecule has 2 saturated heterocycles. The van der Waals surface area contributed by atoms with Gasteiger partial charge in [-0.2, -0.15) is 0 Å². The average molecular weight is 395 g/mol. The van der Waals surface area contributed by atoms with Gasteiger partial charge in [-0.1, -0.05) is 23.7 Å². The van der Waals surface area contributed by atoms with Crippen LogP contribution < -0.4 is 5.32 Å². The van der Waals surface area contributed by atoms with Crippen LogP contribution in [0.15, 0.2) is 29.3 Å². The second-order valence-corrected chi connectivity index (χ2v) is 7.62. The minimum Gasteiger partial charge on any atom is -0.396 e. The molecule has 0 saturated carbocycles. The Morgan fingerprint density at radius 3 is 2.63 bits per heavy atom. The number of guanidine groups is 1. The number of aliphatic hydroxyl groups excluding tert-OH is 1. The van der Waals surface area contributed by atoms with E-state index in [2.05, 4.69) is 10.3 Å². The first-order valence-electron chi connectivity index (χ1n) is 9.29. The van der Waals surface area contributed by atoms with Gasteiger partial charge in [-0.3, -0.25) is 9.79 Å². The number of hydrogen-bond acceptors (Lipinski definition) is 4. The van der Waals surface area contributed by atoms with Crippen LogP contribution in [0.25, 0.3) is 0 Å². The predicted molar refractivity (Wildman–Crippen MR) is 105 cm³/mol. The van der Waals surface area contributed by atoms with Crippen LogP contribution in [0.3, 0.4) is 0 Å². The zero-order chi connectivity index (χ0) is 19.3. The van der Waals surface area contributed by atoms with Crippen molar-refractivity contribution in [3.05, 3.63) is 34.9 Å². The molecular weight excluding hydrogens is 368 g/mol. The second-order valence-electron chi connectivity index (χ2n) is 7.18. The summed E-state index contributed by atoms with van der Waals surface area (Å²) in [6.07, 6.45) is 0. The fraction of sp³-hybridized carbons (Fsp3) is 0.579. The van der Waals surface area contributed by atoms with Crippen LogP contribution in [0, 0.1) is 5.41 Å². The highest BCUT2D eigenvalue weighted by molar-refractivity contribution is 6.30. The zero-order valence-corrected chi connectivity index (χ0v) is 16.4. The number of halogens is 1. The molecule has 0 aromatic heterocycles. The van der Waals surface area contributed by atoms with E-state index in [0.717, 1.165) is 18.1 Å². The van der Waals surface area contributed by atoms with Gasteiger partial charge < -0.3 is 25.0 Å². The quantitative estimate of drug-likeness (QED) is 0.555. The Morgan fingerprint density at radius 2 is 2.07 bits per heavy atom. The van der Waals surface area contributed by atoms with Gasteiger partial charge in [0.05, 0.1) is 38.3 Å². The summed E-state index contributed by atoms with van der Waals surface area (Å²) in [7, 11) is 0. The maximum atomic E-state index is 12.6.